The second-order valence-electron chi connectivity index (χ2n) is 6.85. The van der Waals surface area contributed by atoms with Crippen molar-refractivity contribution in [3.8, 4) is 0 Å². The van der Waals surface area contributed by atoms with Gasteiger partial charge in [-0.05, 0) is 38.7 Å². The Balaban J connectivity index is 1.68. The van der Waals surface area contributed by atoms with Gasteiger partial charge in [0.05, 0.1) is 0 Å². The highest BCUT2D eigenvalue weighted by molar-refractivity contribution is 7.07. The first-order valence-corrected chi connectivity index (χ1v) is 9.37. The minimum Gasteiger partial charge on any atom is -0.337 e. The van der Waals surface area contributed by atoms with Gasteiger partial charge in [-0.2, -0.15) is 0 Å². The molecule has 1 aromatic heterocycles. The van der Waals surface area contributed by atoms with Crippen molar-refractivity contribution < 1.29 is 4.79 Å². The van der Waals surface area contributed by atoms with E-state index in [2.05, 4.69) is 19.1 Å². The summed E-state index contributed by atoms with van der Waals surface area (Å²) < 4.78 is 1.70. The molecular formula is C19H24N2O2S. The molecule has 0 spiro atoms. The number of hydrogen-bond donors (Lipinski definition) is 0. The molecule has 1 atom stereocenters. The Morgan fingerprint density at radius 3 is 2.71 bits per heavy atom. The number of carbonyl (C=O) groups is 1. The molecule has 0 radical (unpaired) electrons. The molecule has 0 saturated carbocycles. The Morgan fingerprint density at radius 1 is 1.29 bits per heavy atom. The molecule has 4 nitrogen and oxygen atoms in total. The summed E-state index contributed by atoms with van der Waals surface area (Å²) in [5.74, 6) is 0.156. The molecule has 1 aliphatic rings. The van der Waals surface area contributed by atoms with E-state index in [1.807, 2.05) is 35.4 Å². The fourth-order valence-electron chi connectivity index (χ4n) is 3.69. The number of likely N-dealkylation sites (tertiary alicyclic amines) is 1. The minimum absolute atomic E-state index is 0.0220. The van der Waals surface area contributed by atoms with Gasteiger partial charge in [0.15, 0.2) is 0 Å². The maximum absolute atomic E-state index is 12.8. The molecule has 0 bridgehead atoms. The molecule has 1 aliphatic heterocycles. The molecule has 2 aromatic rings. The van der Waals surface area contributed by atoms with Crippen molar-refractivity contribution in [2.75, 3.05) is 6.54 Å². The number of carbonyl (C=O) groups excluding carboxylic acids is 1. The molecular weight excluding hydrogens is 320 g/mol. The van der Waals surface area contributed by atoms with E-state index in [0.29, 0.717) is 13.0 Å². The third-order valence-electron chi connectivity index (χ3n) is 5.00. The lowest BCUT2D eigenvalue weighted by molar-refractivity contribution is -0.135. The van der Waals surface area contributed by atoms with Gasteiger partial charge in [-0.1, -0.05) is 41.7 Å². The van der Waals surface area contributed by atoms with E-state index in [4.69, 9.17) is 0 Å². The van der Waals surface area contributed by atoms with Crippen LogP contribution in [0.15, 0.2) is 40.5 Å². The van der Waals surface area contributed by atoms with Gasteiger partial charge >= 0.3 is 4.87 Å². The SMILES string of the molecule is Cc1csc(=O)n1CCC(=O)N1CCCC1(C)Cc1ccccc1. The van der Waals surface area contributed by atoms with Crippen molar-refractivity contribution in [2.24, 2.45) is 0 Å². The number of aromatic nitrogens is 1. The summed E-state index contributed by atoms with van der Waals surface area (Å²) in [4.78, 5) is 26.6. The van der Waals surface area contributed by atoms with Gasteiger partial charge in [0.1, 0.15) is 0 Å². The zero-order valence-electron chi connectivity index (χ0n) is 14.3. The van der Waals surface area contributed by atoms with Crippen LogP contribution in [0.2, 0.25) is 0 Å². The summed E-state index contributed by atoms with van der Waals surface area (Å²) >= 11 is 1.20. The lowest BCUT2D eigenvalue weighted by Gasteiger charge is -2.36. The number of benzene rings is 1. The molecule has 3 rings (SSSR count). The fraction of sp³-hybridized carbons (Fsp3) is 0.474. The third-order valence-corrected chi connectivity index (χ3v) is 5.88. The number of thiazole rings is 1. The zero-order valence-corrected chi connectivity index (χ0v) is 15.1. The first-order valence-electron chi connectivity index (χ1n) is 8.49. The Hall–Kier alpha value is -1.88. The van der Waals surface area contributed by atoms with Crippen molar-refractivity contribution in [1.82, 2.24) is 9.47 Å². The summed E-state index contributed by atoms with van der Waals surface area (Å²) in [5, 5.41) is 1.85. The van der Waals surface area contributed by atoms with Crippen molar-refractivity contribution in [3.05, 3.63) is 56.6 Å². The largest absolute Gasteiger partial charge is 0.337 e. The topological polar surface area (TPSA) is 42.3 Å². The lowest BCUT2D eigenvalue weighted by atomic mass is 9.90. The van der Waals surface area contributed by atoms with Gasteiger partial charge in [-0.25, -0.2) is 0 Å². The van der Waals surface area contributed by atoms with E-state index in [-0.39, 0.29) is 16.3 Å². The van der Waals surface area contributed by atoms with E-state index in [1.54, 1.807) is 4.57 Å². The van der Waals surface area contributed by atoms with Crippen molar-refractivity contribution in [3.63, 3.8) is 0 Å². The van der Waals surface area contributed by atoms with Crippen LogP contribution in [-0.4, -0.2) is 27.5 Å². The van der Waals surface area contributed by atoms with Crippen LogP contribution in [0.25, 0.3) is 0 Å². The van der Waals surface area contributed by atoms with Crippen molar-refractivity contribution in [2.45, 2.75) is 51.6 Å². The average Bonchev–Trinajstić information content (AvgIpc) is 3.09. The van der Waals surface area contributed by atoms with Gasteiger partial charge in [-0.15, -0.1) is 0 Å². The maximum atomic E-state index is 12.8. The highest BCUT2D eigenvalue weighted by atomic mass is 32.1. The summed E-state index contributed by atoms with van der Waals surface area (Å²) in [6.45, 7) is 5.40. The van der Waals surface area contributed by atoms with Crippen LogP contribution in [0.1, 0.15) is 37.4 Å². The molecule has 1 fully saturated rings. The molecule has 5 heteroatoms. The second kappa shape index (κ2) is 6.93. The second-order valence-corrected chi connectivity index (χ2v) is 7.67. The monoisotopic (exact) mass is 344 g/mol. The Kier molecular flexibility index (Phi) is 4.90. The molecule has 0 N–H and O–H groups in total. The van der Waals surface area contributed by atoms with E-state index in [0.717, 1.165) is 31.5 Å². The lowest BCUT2D eigenvalue weighted by Crippen LogP contribution is -2.47. The van der Waals surface area contributed by atoms with Gasteiger partial charge in [-0.3, -0.25) is 9.59 Å². The van der Waals surface area contributed by atoms with Crippen LogP contribution in [0, 0.1) is 6.92 Å². The molecule has 1 unspecified atom stereocenters. The van der Waals surface area contributed by atoms with Crippen LogP contribution in [0.5, 0.6) is 0 Å². The Bertz CT molecular complexity index is 765. The Labute approximate surface area is 146 Å². The average molecular weight is 344 g/mol. The maximum Gasteiger partial charge on any atom is 0.307 e. The molecule has 24 heavy (non-hydrogen) atoms. The summed E-state index contributed by atoms with van der Waals surface area (Å²) in [6, 6.07) is 10.4. The summed E-state index contributed by atoms with van der Waals surface area (Å²) in [7, 11) is 0. The third kappa shape index (κ3) is 3.46. The molecule has 0 aliphatic carbocycles. The zero-order chi connectivity index (χ0) is 17.2. The smallest absolute Gasteiger partial charge is 0.307 e. The van der Waals surface area contributed by atoms with E-state index >= 15 is 0 Å². The minimum atomic E-state index is -0.118. The van der Waals surface area contributed by atoms with Crippen LogP contribution >= 0.6 is 11.3 Å². The van der Waals surface area contributed by atoms with Crippen LogP contribution in [0.3, 0.4) is 0 Å². The molecule has 128 valence electrons. The predicted molar refractivity (Wildman–Crippen MR) is 97.4 cm³/mol. The number of hydrogen-bond acceptors (Lipinski definition) is 3. The first kappa shape index (κ1) is 17.0. The molecule has 1 amide bonds. The van der Waals surface area contributed by atoms with E-state index in [1.165, 1.54) is 16.9 Å². The highest BCUT2D eigenvalue weighted by Crippen LogP contribution is 2.33. The van der Waals surface area contributed by atoms with Gasteiger partial charge in [0.2, 0.25) is 5.91 Å². The van der Waals surface area contributed by atoms with E-state index < -0.39 is 0 Å². The standard InChI is InChI=1S/C19H24N2O2S/c1-15-14-24-18(23)20(15)12-9-17(22)21-11-6-10-19(21,2)13-16-7-4-3-5-8-16/h3-5,7-8,14H,6,9-13H2,1-2H3. The predicted octanol–water partition coefficient (Wildman–Crippen LogP) is 3.23. The van der Waals surface area contributed by atoms with Crippen LogP contribution < -0.4 is 4.87 Å². The number of amides is 1. The molecule has 1 aromatic carbocycles. The summed E-state index contributed by atoms with van der Waals surface area (Å²) in [5.41, 5.74) is 2.09. The highest BCUT2D eigenvalue weighted by Gasteiger charge is 2.39. The molecule has 1 saturated heterocycles. The van der Waals surface area contributed by atoms with Crippen molar-refractivity contribution >= 4 is 17.2 Å². The van der Waals surface area contributed by atoms with Crippen LogP contribution in [-0.2, 0) is 17.8 Å². The van der Waals surface area contributed by atoms with Crippen molar-refractivity contribution in [1.29, 1.82) is 0 Å². The normalized spacial score (nSPS) is 20.5. The quantitative estimate of drug-likeness (QED) is 0.836. The van der Waals surface area contributed by atoms with Gasteiger partial charge in [0.25, 0.3) is 0 Å². The van der Waals surface area contributed by atoms with E-state index in [9.17, 15) is 9.59 Å². The number of rotatable bonds is 5. The first-order chi connectivity index (χ1) is 11.5. The Morgan fingerprint density at radius 2 is 2.04 bits per heavy atom. The molecule has 2 heterocycles. The number of nitrogens with zero attached hydrogens (tertiary/aromatic N) is 2. The fourth-order valence-corrected chi connectivity index (χ4v) is 4.45. The number of aryl methyl sites for hydroxylation is 1. The van der Waals surface area contributed by atoms with Gasteiger partial charge < -0.3 is 9.47 Å². The van der Waals surface area contributed by atoms with Gasteiger partial charge in [0, 0.05) is 36.1 Å². The summed E-state index contributed by atoms with van der Waals surface area (Å²) in [6.07, 6.45) is 3.36. The van der Waals surface area contributed by atoms with Crippen LogP contribution in [0.4, 0.5) is 0 Å².